The molecule has 1 aromatic carbocycles. The van der Waals surface area contributed by atoms with E-state index in [-0.39, 0.29) is 12.5 Å². The number of carbonyl (C=O) groups excluding carboxylic acids is 1. The molecule has 1 N–H and O–H groups in total. The first-order chi connectivity index (χ1) is 13.6. The number of benzene rings is 1. The SMILES string of the molecule is CNC(=O)OCc1nc(C(C)C)c(Sc2ccccc2)n1Cc1cccnc1. The minimum absolute atomic E-state index is 0.106. The maximum absolute atomic E-state index is 11.6. The lowest BCUT2D eigenvalue weighted by Crippen LogP contribution is -2.20. The van der Waals surface area contributed by atoms with Crippen LogP contribution in [-0.2, 0) is 17.9 Å². The number of nitrogens with one attached hydrogen (secondary N) is 1. The fourth-order valence-electron chi connectivity index (χ4n) is 2.74. The van der Waals surface area contributed by atoms with Crippen molar-refractivity contribution in [2.45, 2.75) is 42.8 Å². The van der Waals surface area contributed by atoms with Gasteiger partial charge >= 0.3 is 6.09 Å². The van der Waals surface area contributed by atoms with Crippen LogP contribution in [0.25, 0.3) is 0 Å². The predicted octanol–water partition coefficient (Wildman–Crippen LogP) is 4.46. The first-order valence-electron chi connectivity index (χ1n) is 9.14. The van der Waals surface area contributed by atoms with Crippen LogP contribution in [0.5, 0.6) is 0 Å². The number of hydrogen-bond donors (Lipinski definition) is 1. The van der Waals surface area contributed by atoms with E-state index < -0.39 is 6.09 Å². The van der Waals surface area contributed by atoms with Gasteiger partial charge in [-0.25, -0.2) is 9.78 Å². The van der Waals surface area contributed by atoms with Crippen molar-refractivity contribution in [1.82, 2.24) is 19.9 Å². The molecule has 0 fully saturated rings. The second-order valence-corrected chi connectivity index (χ2v) is 7.62. The smallest absolute Gasteiger partial charge is 0.407 e. The second-order valence-electron chi connectivity index (χ2n) is 6.56. The molecule has 0 bridgehead atoms. The minimum Gasteiger partial charge on any atom is -0.441 e. The summed E-state index contributed by atoms with van der Waals surface area (Å²) in [6.45, 7) is 4.95. The van der Waals surface area contributed by atoms with Crippen molar-refractivity contribution in [3.8, 4) is 0 Å². The van der Waals surface area contributed by atoms with E-state index in [1.54, 1.807) is 25.0 Å². The molecular weight excluding hydrogens is 372 g/mol. The molecule has 2 heterocycles. The van der Waals surface area contributed by atoms with Gasteiger partial charge in [-0.1, -0.05) is 49.9 Å². The molecule has 2 aromatic heterocycles. The zero-order valence-corrected chi connectivity index (χ0v) is 17.1. The van der Waals surface area contributed by atoms with Crippen molar-refractivity contribution in [2.24, 2.45) is 0 Å². The van der Waals surface area contributed by atoms with Crippen molar-refractivity contribution in [1.29, 1.82) is 0 Å². The molecular formula is C21H24N4O2S. The third kappa shape index (κ3) is 4.92. The Morgan fingerprint density at radius 2 is 2.00 bits per heavy atom. The van der Waals surface area contributed by atoms with E-state index in [1.807, 2.05) is 36.5 Å². The minimum atomic E-state index is -0.473. The highest BCUT2D eigenvalue weighted by Crippen LogP contribution is 2.35. The number of nitrogens with zero attached hydrogens (tertiary/aromatic N) is 3. The quantitative estimate of drug-likeness (QED) is 0.639. The number of amides is 1. The van der Waals surface area contributed by atoms with Crippen LogP contribution in [0, 0.1) is 0 Å². The van der Waals surface area contributed by atoms with Crippen LogP contribution in [0.4, 0.5) is 4.79 Å². The van der Waals surface area contributed by atoms with Gasteiger partial charge in [-0.2, -0.15) is 0 Å². The molecule has 3 aromatic rings. The summed E-state index contributed by atoms with van der Waals surface area (Å²) in [5.74, 6) is 0.953. The molecule has 0 spiro atoms. The number of aromatic nitrogens is 3. The number of rotatable bonds is 7. The normalized spacial score (nSPS) is 10.9. The zero-order chi connectivity index (χ0) is 19.9. The maximum atomic E-state index is 11.6. The molecule has 0 aliphatic carbocycles. The molecule has 6 nitrogen and oxygen atoms in total. The van der Waals surface area contributed by atoms with Crippen LogP contribution >= 0.6 is 11.8 Å². The van der Waals surface area contributed by atoms with Gasteiger partial charge in [0.25, 0.3) is 0 Å². The Labute approximate surface area is 169 Å². The lowest BCUT2D eigenvalue weighted by Gasteiger charge is -2.13. The summed E-state index contributed by atoms with van der Waals surface area (Å²) < 4.78 is 7.41. The average molecular weight is 397 g/mol. The van der Waals surface area contributed by atoms with Crippen molar-refractivity contribution < 1.29 is 9.53 Å². The Hall–Kier alpha value is -2.80. The molecule has 0 atom stereocenters. The Morgan fingerprint density at radius 1 is 1.21 bits per heavy atom. The van der Waals surface area contributed by atoms with Gasteiger partial charge in [0.15, 0.2) is 6.61 Å². The highest BCUT2D eigenvalue weighted by Gasteiger charge is 2.21. The molecule has 0 saturated heterocycles. The fraction of sp³-hybridized carbons (Fsp3) is 0.286. The Balaban J connectivity index is 2.02. The molecule has 3 rings (SSSR count). The summed E-state index contributed by atoms with van der Waals surface area (Å²) in [6, 6.07) is 14.2. The largest absolute Gasteiger partial charge is 0.441 e. The fourth-order valence-corrected chi connectivity index (χ4v) is 3.92. The van der Waals surface area contributed by atoms with Gasteiger partial charge in [0, 0.05) is 24.3 Å². The van der Waals surface area contributed by atoms with Crippen LogP contribution in [-0.4, -0.2) is 27.7 Å². The van der Waals surface area contributed by atoms with Crippen molar-refractivity contribution in [3.63, 3.8) is 0 Å². The number of alkyl carbamates (subject to hydrolysis) is 1. The van der Waals surface area contributed by atoms with Crippen LogP contribution < -0.4 is 5.32 Å². The van der Waals surface area contributed by atoms with Gasteiger partial charge in [-0.3, -0.25) is 4.98 Å². The molecule has 0 radical (unpaired) electrons. The summed E-state index contributed by atoms with van der Waals surface area (Å²) in [5.41, 5.74) is 2.06. The molecule has 0 saturated carbocycles. The topological polar surface area (TPSA) is 69.0 Å². The summed E-state index contributed by atoms with van der Waals surface area (Å²) >= 11 is 1.67. The van der Waals surface area contributed by atoms with E-state index >= 15 is 0 Å². The highest BCUT2D eigenvalue weighted by molar-refractivity contribution is 7.99. The summed E-state index contributed by atoms with van der Waals surface area (Å²) in [5, 5.41) is 3.53. The van der Waals surface area contributed by atoms with Crippen molar-refractivity contribution in [2.75, 3.05) is 7.05 Å². The maximum Gasteiger partial charge on any atom is 0.407 e. The third-order valence-corrected chi connectivity index (χ3v) is 5.26. The summed E-state index contributed by atoms with van der Waals surface area (Å²) in [4.78, 5) is 21.8. The van der Waals surface area contributed by atoms with E-state index in [4.69, 9.17) is 9.72 Å². The van der Waals surface area contributed by atoms with Gasteiger partial charge < -0.3 is 14.6 Å². The Kier molecular flexibility index (Phi) is 6.71. The Bertz CT molecular complexity index is 911. The monoisotopic (exact) mass is 396 g/mol. The number of pyridine rings is 1. The van der Waals surface area contributed by atoms with Gasteiger partial charge in [-0.15, -0.1) is 0 Å². The third-order valence-electron chi connectivity index (χ3n) is 4.13. The van der Waals surface area contributed by atoms with Gasteiger partial charge in [0.2, 0.25) is 0 Å². The van der Waals surface area contributed by atoms with Crippen molar-refractivity contribution >= 4 is 17.9 Å². The average Bonchev–Trinajstić information content (AvgIpc) is 3.05. The van der Waals surface area contributed by atoms with E-state index in [2.05, 4.69) is 40.8 Å². The first kappa shape index (κ1) is 19.9. The van der Waals surface area contributed by atoms with Crippen molar-refractivity contribution in [3.05, 3.63) is 71.9 Å². The van der Waals surface area contributed by atoms with Gasteiger partial charge in [0.1, 0.15) is 10.9 Å². The molecule has 0 unspecified atom stereocenters. The van der Waals surface area contributed by atoms with Gasteiger partial charge in [0.05, 0.1) is 12.2 Å². The summed E-state index contributed by atoms with van der Waals surface area (Å²) in [7, 11) is 1.54. The number of hydrogen-bond acceptors (Lipinski definition) is 5. The highest BCUT2D eigenvalue weighted by atomic mass is 32.2. The van der Waals surface area contributed by atoms with Crippen LogP contribution in [0.1, 0.15) is 36.8 Å². The van der Waals surface area contributed by atoms with E-state index in [0.29, 0.717) is 6.54 Å². The molecule has 7 heteroatoms. The van der Waals surface area contributed by atoms with Gasteiger partial charge in [-0.05, 0) is 29.7 Å². The molecule has 0 aliphatic heterocycles. The van der Waals surface area contributed by atoms with E-state index in [0.717, 1.165) is 27.0 Å². The predicted molar refractivity (Wildman–Crippen MR) is 109 cm³/mol. The van der Waals surface area contributed by atoms with Crippen LogP contribution in [0.3, 0.4) is 0 Å². The first-order valence-corrected chi connectivity index (χ1v) is 9.95. The standard InChI is InChI=1S/C21H24N4O2S/c1-15(2)19-20(28-17-9-5-4-6-10-17)25(13-16-8-7-11-23-12-16)18(24-19)14-27-21(26)22-3/h4-12,15H,13-14H2,1-3H3,(H,22,26). The number of carbonyl (C=O) groups is 1. The zero-order valence-electron chi connectivity index (χ0n) is 16.3. The molecule has 0 aliphatic rings. The molecule has 1 amide bonds. The second kappa shape index (κ2) is 9.41. The molecule has 146 valence electrons. The van der Waals surface area contributed by atoms with E-state index in [9.17, 15) is 4.79 Å². The summed E-state index contributed by atoms with van der Waals surface area (Å²) in [6.07, 6.45) is 3.13. The Morgan fingerprint density at radius 3 is 2.64 bits per heavy atom. The molecule has 28 heavy (non-hydrogen) atoms. The van der Waals surface area contributed by atoms with E-state index in [1.165, 1.54) is 0 Å². The number of imidazole rings is 1. The lowest BCUT2D eigenvalue weighted by atomic mass is 10.1. The van der Waals surface area contributed by atoms with Crippen LogP contribution in [0.15, 0.2) is 64.8 Å². The van der Waals surface area contributed by atoms with Crippen LogP contribution in [0.2, 0.25) is 0 Å². The number of ether oxygens (including phenoxy) is 1. The lowest BCUT2D eigenvalue weighted by molar-refractivity contribution is 0.137.